The lowest BCUT2D eigenvalue weighted by Gasteiger charge is -2.36. The summed E-state index contributed by atoms with van der Waals surface area (Å²) < 4.78 is 0. The fraction of sp³-hybridized carbons (Fsp3) is 1.00. The average molecular weight is 168 g/mol. The molecule has 2 unspecified atom stereocenters. The lowest BCUT2D eigenvalue weighted by molar-refractivity contribution is -0.0358. The predicted octanol–water partition coefficient (Wildman–Crippen LogP) is 2.73. The fourth-order valence-corrected chi connectivity index (χ4v) is 2.74. The van der Waals surface area contributed by atoms with Crippen molar-refractivity contribution in [2.75, 3.05) is 0 Å². The minimum atomic E-state index is -0.237. The Balaban J connectivity index is 1.96. The lowest BCUT2D eigenvalue weighted by Crippen LogP contribution is -2.37. The first-order valence-electron chi connectivity index (χ1n) is 5.47. The van der Waals surface area contributed by atoms with E-state index in [4.69, 9.17) is 0 Å². The summed E-state index contributed by atoms with van der Waals surface area (Å²) in [5.41, 5.74) is -0.237. The topological polar surface area (TPSA) is 20.2 Å². The van der Waals surface area contributed by atoms with E-state index in [0.717, 1.165) is 18.8 Å². The van der Waals surface area contributed by atoms with Crippen molar-refractivity contribution in [3.05, 3.63) is 0 Å². The number of hydrogen-bond acceptors (Lipinski definition) is 1. The predicted molar refractivity (Wildman–Crippen MR) is 49.9 cm³/mol. The van der Waals surface area contributed by atoms with E-state index < -0.39 is 0 Å². The molecule has 12 heavy (non-hydrogen) atoms. The van der Waals surface area contributed by atoms with Crippen molar-refractivity contribution in [3.8, 4) is 0 Å². The molecule has 0 aromatic heterocycles. The molecule has 1 nitrogen and oxygen atoms in total. The summed E-state index contributed by atoms with van der Waals surface area (Å²) >= 11 is 0. The highest BCUT2D eigenvalue weighted by atomic mass is 16.3. The summed E-state index contributed by atoms with van der Waals surface area (Å²) in [4.78, 5) is 0. The van der Waals surface area contributed by atoms with Crippen LogP contribution >= 0.6 is 0 Å². The summed E-state index contributed by atoms with van der Waals surface area (Å²) in [7, 11) is 0. The van der Waals surface area contributed by atoms with Crippen LogP contribution in [0.15, 0.2) is 0 Å². The molecule has 0 aromatic rings. The lowest BCUT2D eigenvalue weighted by atomic mass is 9.74. The van der Waals surface area contributed by atoms with Gasteiger partial charge in [-0.3, -0.25) is 0 Å². The SMILES string of the molecule is CCC1CCCC(O)(C2CC2)C1. The quantitative estimate of drug-likeness (QED) is 0.672. The Morgan fingerprint density at radius 1 is 1.33 bits per heavy atom. The molecule has 0 amide bonds. The third-order valence-electron chi connectivity index (χ3n) is 3.78. The second-order valence-electron chi connectivity index (χ2n) is 4.75. The molecule has 0 aromatic carbocycles. The van der Waals surface area contributed by atoms with Crippen LogP contribution in [0.4, 0.5) is 0 Å². The summed E-state index contributed by atoms with van der Waals surface area (Å²) in [6.07, 6.45) is 8.61. The van der Waals surface area contributed by atoms with Gasteiger partial charge in [-0.15, -0.1) is 0 Å². The fourth-order valence-electron chi connectivity index (χ4n) is 2.74. The van der Waals surface area contributed by atoms with Crippen LogP contribution in [0.3, 0.4) is 0 Å². The molecule has 2 aliphatic carbocycles. The van der Waals surface area contributed by atoms with Gasteiger partial charge in [0.2, 0.25) is 0 Å². The van der Waals surface area contributed by atoms with Crippen LogP contribution in [0.5, 0.6) is 0 Å². The van der Waals surface area contributed by atoms with Crippen LogP contribution in [-0.4, -0.2) is 10.7 Å². The minimum absolute atomic E-state index is 0.237. The van der Waals surface area contributed by atoms with Crippen molar-refractivity contribution in [1.82, 2.24) is 0 Å². The van der Waals surface area contributed by atoms with Crippen molar-refractivity contribution >= 4 is 0 Å². The number of hydrogen-bond donors (Lipinski definition) is 1. The zero-order valence-electron chi connectivity index (χ0n) is 8.05. The maximum absolute atomic E-state index is 10.3. The first-order chi connectivity index (χ1) is 5.74. The summed E-state index contributed by atoms with van der Waals surface area (Å²) in [6, 6.07) is 0. The molecule has 2 aliphatic rings. The minimum Gasteiger partial charge on any atom is -0.390 e. The van der Waals surface area contributed by atoms with Crippen molar-refractivity contribution in [2.45, 2.75) is 57.5 Å². The van der Waals surface area contributed by atoms with Gasteiger partial charge in [-0.25, -0.2) is 0 Å². The molecule has 0 saturated heterocycles. The Labute approximate surface area is 75.2 Å². The molecule has 0 spiro atoms. The van der Waals surface area contributed by atoms with Gasteiger partial charge in [-0.05, 0) is 37.5 Å². The molecule has 0 aliphatic heterocycles. The highest BCUT2D eigenvalue weighted by Crippen LogP contribution is 2.48. The van der Waals surface area contributed by atoms with Crippen LogP contribution in [0.25, 0.3) is 0 Å². The van der Waals surface area contributed by atoms with Gasteiger partial charge in [0.15, 0.2) is 0 Å². The monoisotopic (exact) mass is 168 g/mol. The van der Waals surface area contributed by atoms with Crippen molar-refractivity contribution in [1.29, 1.82) is 0 Å². The molecule has 2 saturated carbocycles. The van der Waals surface area contributed by atoms with Gasteiger partial charge in [-0.1, -0.05) is 26.2 Å². The van der Waals surface area contributed by atoms with Gasteiger partial charge >= 0.3 is 0 Å². The van der Waals surface area contributed by atoms with Gasteiger partial charge in [0.05, 0.1) is 5.60 Å². The Morgan fingerprint density at radius 2 is 2.08 bits per heavy atom. The van der Waals surface area contributed by atoms with E-state index in [2.05, 4.69) is 6.92 Å². The maximum Gasteiger partial charge on any atom is 0.0678 e. The molecule has 2 fully saturated rings. The summed E-state index contributed by atoms with van der Waals surface area (Å²) in [6.45, 7) is 2.25. The van der Waals surface area contributed by atoms with Crippen LogP contribution in [-0.2, 0) is 0 Å². The second-order valence-corrected chi connectivity index (χ2v) is 4.75. The Bertz CT molecular complexity index is 162. The van der Waals surface area contributed by atoms with E-state index >= 15 is 0 Å². The molecular weight excluding hydrogens is 148 g/mol. The number of aliphatic hydroxyl groups is 1. The van der Waals surface area contributed by atoms with Gasteiger partial charge in [0.1, 0.15) is 0 Å². The van der Waals surface area contributed by atoms with Gasteiger partial charge in [0.25, 0.3) is 0 Å². The molecule has 0 heterocycles. The third-order valence-corrected chi connectivity index (χ3v) is 3.78. The van der Waals surface area contributed by atoms with Crippen LogP contribution < -0.4 is 0 Å². The molecule has 0 radical (unpaired) electrons. The maximum atomic E-state index is 10.3. The van der Waals surface area contributed by atoms with Crippen LogP contribution in [0.2, 0.25) is 0 Å². The highest BCUT2D eigenvalue weighted by molar-refractivity contribution is 4.97. The average Bonchev–Trinajstić information content (AvgIpc) is 2.86. The van der Waals surface area contributed by atoms with Crippen LogP contribution in [0, 0.1) is 11.8 Å². The Hall–Kier alpha value is -0.0400. The molecule has 0 bridgehead atoms. The normalized spacial score (nSPS) is 43.0. The van der Waals surface area contributed by atoms with E-state index in [1.165, 1.54) is 32.1 Å². The van der Waals surface area contributed by atoms with E-state index in [9.17, 15) is 5.11 Å². The Kier molecular flexibility index (Phi) is 2.16. The Morgan fingerprint density at radius 3 is 2.67 bits per heavy atom. The number of rotatable bonds is 2. The van der Waals surface area contributed by atoms with E-state index in [-0.39, 0.29) is 5.60 Å². The van der Waals surface area contributed by atoms with Crippen LogP contribution in [0.1, 0.15) is 51.9 Å². The second kappa shape index (κ2) is 3.02. The first-order valence-corrected chi connectivity index (χ1v) is 5.47. The molecular formula is C11H20O. The van der Waals surface area contributed by atoms with Gasteiger partial charge in [-0.2, -0.15) is 0 Å². The van der Waals surface area contributed by atoms with E-state index in [1.54, 1.807) is 0 Å². The summed E-state index contributed by atoms with van der Waals surface area (Å²) in [5.74, 6) is 1.48. The van der Waals surface area contributed by atoms with Crippen molar-refractivity contribution in [2.24, 2.45) is 11.8 Å². The van der Waals surface area contributed by atoms with E-state index in [1.807, 2.05) is 0 Å². The molecule has 1 N–H and O–H groups in total. The standard InChI is InChI=1S/C11H20O/c1-2-9-4-3-7-11(12,8-9)10-5-6-10/h9-10,12H,2-8H2,1H3. The summed E-state index contributed by atoms with van der Waals surface area (Å²) in [5, 5.41) is 10.3. The zero-order chi connectivity index (χ0) is 8.60. The smallest absolute Gasteiger partial charge is 0.0678 e. The van der Waals surface area contributed by atoms with Gasteiger partial charge < -0.3 is 5.11 Å². The molecule has 2 atom stereocenters. The van der Waals surface area contributed by atoms with E-state index in [0.29, 0.717) is 5.92 Å². The highest BCUT2D eigenvalue weighted by Gasteiger charge is 2.45. The van der Waals surface area contributed by atoms with Crippen molar-refractivity contribution < 1.29 is 5.11 Å². The third kappa shape index (κ3) is 1.52. The van der Waals surface area contributed by atoms with Crippen molar-refractivity contribution in [3.63, 3.8) is 0 Å². The van der Waals surface area contributed by atoms with Gasteiger partial charge in [0, 0.05) is 0 Å². The molecule has 2 rings (SSSR count). The zero-order valence-corrected chi connectivity index (χ0v) is 8.05. The largest absolute Gasteiger partial charge is 0.390 e. The first kappa shape index (κ1) is 8.55. The molecule has 1 heteroatoms. The molecule has 70 valence electrons.